The van der Waals surface area contributed by atoms with Crippen LogP contribution in [0.1, 0.15) is 22.3 Å². The molecule has 2 amide bonds. The summed E-state index contributed by atoms with van der Waals surface area (Å²) in [4.78, 5) is 30.1. The van der Waals surface area contributed by atoms with E-state index in [2.05, 4.69) is 15.6 Å². The van der Waals surface area contributed by atoms with E-state index in [0.29, 0.717) is 22.9 Å². The number of thioether (sulfide) groups is 1. The van der Waals surface area contributed by atoms with Crippen molar-refractivity contribution in [3.63, 3.8) is 0 Å². The maximum atomic E-state index is 12.9. The van der Waals surface area contributed by atoms with Gasteiger partial charge in [0.15, 0.2) is 5.13 Å². The van der Waals surface area contributed by atoms with Crippen LogP contribution >= 0.6 is 23.1 Å². The van der Waals surface area contributed by atoms with Crippen molar-refractivity contribution < 1.29 is 14.3 Å². The first-order valence-corrected chi connectivity index (χ1v) is 11.3. The van der Waals surface area contributed by atoms with Gasteiger partial charge in [-0.05, 0) is 55.2 Å². The Bertz CT molecular complexity index is 1020. The largest absolute Gasteiger partial charge is 0.496 e. The number of nitrogens with one attached hydrogen (secondary N) is 2. The van der Waals surface area contributed by atoms with E-state index >= 15 is 0 Å². The van der Waals surface area contributed by atoms with Crippen molar-refractivity contribution in [2.75, 3.05) is 24.4 Å². The summed E-state index contributed by atoms with van der Waals surface area (Å²) in [6, 6.07) is 12.2. The fourth-order valence-corrected chi connectivity index (χ4v) is 4.29. The molecule has 2 N–H and O–H groups in total. The molecule has 29 heavy (non-hydrogen) atoms. The van der Waals surface area contributed by atoms with Crippen LogP contribution in [0.15, 0.2) is 42.5 Å². The highest BCUT2D eigenvalue weighted by molar-refractivity contribution is 7.98. The predicted octanol–water partition coefficient (Wildman–Crippen LogP) is 4.10. The monoisotopic (exact) mass is 429 g/mol. The molecule has 3 rings (SSSR count). The number of amides is 2. The van der Waals surface area contributed by atoms with Gasteiger partial charge in [0.05, 0.1) is 22.9 Å². The van der Waals surface area contributed by atoms with E-state index in [1.165, 1.54) is 18.4 Å². The molecular formula is C21H23N3O3S2. The van der Waals surface area contributed by atoms with Gasteiger partial charge in [-0.3, -0.25) is 9.59 Å². The average Bonchev–Trinajstić information content (AvgIpc) is 3.11. The molecule has 0 spiro atoms. The van der Waals surface area contributed by atoms with Gasteiger partial charge < -0.3 is 15.4 Å². The lowest BCUT2D eigenvalue weighted by atomic mass is 10.1. The van der Waals surface area contributed by atoms with Crippen LogP contribution in [-0.4, -0.2) is 42.0 Å². The fraction of sp³-hybridized carbons (Fsp3) is 0.286. The van der Waals surface area contributed by atoms with E-state index in [9.17, 15) is 9.59 Å². The third-order valence-electron chi connectivity index (χ3n) is 4.36. The summed E-state index contributed by atoms with van der Waals surface area (Å²) in [5, 5.41) is 6.22. The Morgan fingerprint density at radius 3 is 2.79 bits per heavy atom. The van der Waals surface area contributed by atoms with Gasteiger partial charge in [0.25, 0.3) is 5.91 Å². The molecule has 0 saturated carbocycles. The zero-order valence-corrected chi connectivity index (χ0v) is 18.2. The fourth-order valence-electron chi connectivity index (χ4n) is 2.85. The molecule has 8 heteroatoms. The maximum Gasteiger partial charge on any atom is 0.255 e. The van der Waals surface area contributed by atoms with E-state index in [-0.39, 0.29) is 11.8 Å². The van der Waals surface area contributed by atoms with Crippen LogP contribution in [0.25, 0.3) is 10.2 Å². The molecule has 0 aliphatic heterocycles. The van der Waals surface area contributed by atoms with Crippen molar-refractivity contribution in [1.29, 1.82) is 0 Å². The molecule has 1 heterocycles. The molecule has 0 unspecified atom stereocenters. The molecule has 1 aromatic heterocycles. The number of hydrogen-bond acceptors (Lipinski definition) is 6. The molecule has 152 valence electrons. The molecule has 6 nitrogen and oxygen atoms in total. The lowest BCUT2D eigenvalue weighted by Gasteiger charge is -2.18. The first-order valence-electron chi connectivity index (χ1n) is 9.12. The van der Waals surface area contributed by atoms with Gasteiger partial charge in [-0.15, -0.1) is 0 Å². The first kappa shape index (κ1) is 21.1. The quantitative estimate of drug-likeness (QED) is 0.563. The van der Waals surface area contributed by atoms with Crippen molar-refractivity contribution in [2.24, 2.45) is 0 Å². The maximum absolute atomic E-state index is 12.9. The molecule has 0 aliphatic carbocycles. The van der Waals surface area contributed by atoms with E-state index in [0.717, 1.165) is 21.5 Å². The highest BCUT2D eigenvalue weighted by atomic mass is 32.2. The van der Waals surface area contributed by atoms with Crippen LogP contribution < -0.4 is 15.4 Å². The number of fused-ring (bicyclic) bond motifs is 1. The van der Waals surface area contributed by atoms with Crippen molar-refractivity contribution in [3.8, 4) is 5.75 Å². The molecule has 0 aliphatic rings. The summed E-state index contributed by atoms with van der Waals surface area (Å²) in [5.74, 6) is 0.584. The second-order valence-electron chi connectivity index (χ2n) is 6.49. The second-order valence-corrected chi connectivity index (χ2v) is 8.50. The number of nitrogens with zero attached hydrogens (tertiary/aromatic N) is 1. The van der Waals surface area contributed by atoms with Crippen molar-refractivity contribution in [1.82, 2.24) is 10.3 Å². The number of aromatic nitrogens is 1. The van der Waals surface area contributed by atoms with Gasteiger partial charge in [0.1, 0.15) is 11.8 Å². The molecule has 0 radical (unpaired) electrons. The Morgan fingerprint density at radius 2 is 2.03 bits per heavy atom. The molecule has 3 aromatic rings. The van der Waals surface area contributed by atoms with Crippen LogP contribution in [0.4, 0.5) is 5.13 Å². The summed E-state index contributed by atoms with van der Waals surface area (Å²) in [5.41, 5.74) is 2.38. The summed E-state index contributed by atoms with van der Waals surface area (Å²) in [6.07, 6.45) is 2.48. The molecule has 1 atom stereocenters. The van der Waals surface area contributed by atoms with Gasteiger partial charge in [0.2, 0.25) is 5.91 Å². The Kier molecular flexibility index (Phi) is 7.11. The van der Waals surface area contributed by atoms with Gasteiger partial charge in [-0.2, -0.15) is 11.8 Å². The number of thiazole rings is 1. The van der Waals surface area contributed by atoms with Crippen LogP contribution in [0.2, 0.25) is 0 Å². The van der Waals surface area contributed by atoms with Gasteiger partial charge in [-0.25, -0.2) is 4.98 Å². The van der Waals surface area contributed by atoms with Gasteiger partial charge >= 0.3 is 0 Å². The Balaban J connectivity index is 1.75. The molecular weight excluding hydrogens is 406 g/mol. The van der Waals surface area contributed by atoms with E-state index in [1.54, 1.807) is 36.0 Å². The zero-order valence-electron chi connectivity index (χ0n) is 16.5. The summed E-state index contributed by atoms with van der Waals surface area (Å²) in [7, 11) is 1.51. The minimum Gasteiger partial charge on any atom is -0.496 e. The Labute approximate surface area is 178 Å². The number of benzene rings is 2. The number of aryl methyl sites for hydroxylation is 1. The number of ether oxygens (including phenoxy) is 1. The first-order chi connectivity index (χ1) is 14.0. The van der Waals surface area contributed by atoms with Gasteiger partial charge in [-0.1, -0.05) is 29.5 Å². The van der Waals surface area contributed by atoms with Crippen LogP contribution in [0, 0.1) is 6.92 Å². The number of hydrogen-bond donors (Lipinski definition) is 2. The van der Waals surface area contributed by atoms with Crippen LogP contribution in [0.5, 0.6) is 5.75 Å². The van der Waals surface area contributed by atoms with Crippen molar-refractivity contribution in [3.05, 3.63) is 53.6 Å². The van der Waals surface area contributed by atoms with E-state index in [4.69, 9.17) is 4.74 Å². The topological polar surface area (TPSA) is 80.3 Å². The molecule has 0 fully saturated rings. The number of methoxy groups -OCH3 is 1. The Morgan fingerprint density at radius 1 is 1.24 bits per heavy atom. The predicted molar refractivity (Wildman–Crippen MR) is 120 cm³/mol. The lowest BCUT2D eigenvalue weighted by molar-refractivity contribution is -0.118. The van der Waals surface area contributed by atoms with E-state index in [1.807, 2.05) is 31.4 Å². The minimum absolute atomic E-state index is 0.280. The number of rotatable bonds is 8. The number of carbonyl (C=O) groups is 2. The van der Waals surface area contributed by atoms with Crippen molar-refractivity contribution in [2.45, 2.75) is 19.4 Å². The second kappa shape index (κ2) is 9.76. The summed E-state index contributed by atoms with van der Waals surface area (Å²) >= 11 is 3.04. The SMILES string of the molecule is COc1ccccc1C(=O)N[C@@H](CCSC)C(=O)Nc1nc2ccc(C)cc2s1. The normalized spacial score (nSPS) is 11.8. The van der Waals surface area contributed by atoms with Crippen molar-refractivity contribution >= 4 is 50.3 Å². The lowest BCUT2D eigenvalue weighted by Crippen LogP contribution is -2.44. The highest BCUT2D eigenvalue weighted by Gasteiger charge is 2.23. The summed E-state index contributed by atoms with van der Waals surface area (Å²) < 4.78 is 6.27. The smallest absolute Gasteiger partial charge is 0.255 e. The third-order valence-corrected chi connectivity index (χ3v) is 5.94. The molecule has 2 aromatic carbocycles. The standard InChI is InChI=1S/C21H23N3O3S2/c1-13-8-9-15-18(12-13)29-21(23-15)24-20(26)16(10-11-28-3)22-19(25)14-6-4-5-7-17(14)27-2/h4-9,12,16H,10-11H2,1-3H3,(H,22,25)(H,23,24,26)/t16-/m0/s1. The third kappa shape index (κ3) is 5.27. The van der Waals surface area contributed by atoms with Gasteiger partial charge in [0, 0.05) is 0 Å². The Hall–Kier alpha value is -2.58. The van der Waals surface area contributed by atoms with Crippen LogP contribution in [0.3, 0.4) is 0 Å². The number of carbonyl (C=O) groups excluding carboxylic acids is 2. The highest BCUT2D eigenvalue weighted by Crippen LogP contribution is 2.27. The molecule has 0 saturated heterocycles. The zero-order chi connectivity index (χ0) is 20.8. The minimum atomic E-state index is -0.673. The number of anilines is 1. The van der Waals surface area contributed by atoms with Crippen LogP contribution in [-0.2, 0) is 4.79 Å². The van der Waals surface area contributed by atoms with E-state index < -0.39 is 6.04 Å². The average molecular weight is 430 g/mol. The summed E-state index contributed by atoms with van der Waals surface area (Å²) in [6.45, 7) is 2.02. The number of para-hydroxylation sites is 1. The molecule has 0 bridgehead atoms.